The number of nitrogens with zero attached hydrogens (tertiary/aromatic N) is 4. The van der Waals surface area contributed by atoms with Gasteiger partial charge < -0.3 is 19.5 Å². The van der Waals surface area contributed by atoms with E-state index in [1.165, 1.54) is 0 Å². The Kier molecular flexibility index (Phi) is 6.77. The number of furan rings is 1. The van der Waals surface area contributed by atoms with Crippen LogP contribution in [0.15, 0.2) is 46.3 Å². The number of pyridine rings is 1. The van der Waals surface area contributed by atoms with Gasteiger partial charge in [-0.25, -0.2) is 0 Å². The van der Waals surface area contributed by atoms with Gasteiger partial charge >= 0.3 is 0 Å². The van der Waals surface area contributed by atoms with Gasteiger partial charge in [-0.15, -0.1) is 0 Å². The Morgan fingerprint density at radius 3 is 2.85 bits per heavy atom. The Labute approximate surface area is 159 Å². The minimum Gasteiger partial charge on any atom is -0.469 e. The molecule has 1 fully saturated rings. The number of guanidine groups is 1. The number of anilines is 1. The van der Waals surface area contributed by atoms with Gasteiger partial charge in [-0.3, -0.25) is 9.98 Å². The van der Waals surface area contributed by atoms with E-state index in [4.69, 9.17) is 21.0 Å². The summed E-state index contributed by atoms with van der Waals surface area (Å²) in [7, 11) is 0. The van der Waals surface area contributed by atoms with E-state index in [1.54, 1.807) is 18.7 Å². The van der Waals surface area contributed by atoms with Crippen molar-refractivity contribution in [2.75, 3.05) is 44.2 Å². The lowest BCUT2D eigenvalue weighted by Gasteiger charge is -2.38. The zero-order valence-electron chi connectivity index (χ0n) is 15.2. The fraction of sp³-hybridized carbons (Fsp3) is 0.474. The standard InChI is InChI=1S/C19H26ClN5O/c1-2-7-22-19(23-9-5-16-4-3-14-26-16)25-12-10-24(11-13-25)18-6-8-21-15-17(18)20/h3-4,6,8,14-15H,2,5,7,9-13H2,1H3,(H,22,23). The van der Waals surface area contributed by atoms with Crippen molar-refractivity contribution in [2.45, 2.75) is 19.8 Å². The van der Waals surface area contributed by atoms with E-state index in [2.05, 4.69) is 27.0 Å². The van der Waals surface area contributed by atoms with Gasteiger partial charge in [0.25, 0.3) is 0 Å². The molecule has 0 atom stereocenters. The quantitative estimate of drug-likeness (QED) is 0.621. The van der Waals surface area contributed by atoms with E-state index in [9.17, 15) is 0 Å². The number of halogens is 1. The molecule has 3 rings (SSSR count). The van der Waals surface area contributed by atoms with Gasteiger partial charge in [0.1, 0.15) is 5.76 Å². The normalized spacial score (nSPS) is 15.4. The Bertz CT molecular complexity index is 696. The molecule has 0 amide bonds. The maximum Gasteiger partial charge on any atom is 0.194 e. The lowest BCUT2D eigenvalue weighted by atomic mass is 10.2. The SMILES string of the molecule is CCCN=C(NCCc1ccco1)N1CCN(c2ccncc2Cl)CC1. The van der Waals surface area contributed by atoms with Crippen LogP contribution in [0.4, 0.5) is 5.69 Å². The van der Waals surface area contributed by atoms with Gasteiger partial charge in [0, 0.05) is 58.1 Å². The van der Waals surface area contributed by atoms with Crippen molar-refractivity contribution in [1.29, 1.82) is 0 Å². The van der Waals surface area contributed by atoms with Crippen LogP contribution >= 0.6 is 11.6 Å². The third-order valence-electron chi connectivity index (χ3n) is 4.39. The third-order valence-corrected chi connectivity index (χ3v) is 4.68. The van der Waals surface area contributed by atoms with Gasteiger partial charge in [-0.2, -0.15) is 0 Å². The zero-order valence-corrected chi connectivity index (χ0v) is 16.0. The number of hydrogen-bond donors (Lipinski definition) is 1. The lowest BCUT2D eigenvalue weighted by Crippen LogP contribution is -2.53. The number of aromatic nitrogens is 1. The van der Waals surface area contributed by atoms with Crippen LogP contribution in [0.1, 0.15) is 19.1 Å². The first-order chi connectivity index (χ1) is 12.8. The van der Waals surface area contributed by atoms with Crippen LogP contribution in [0.3, 0.4) is 0 Å². The Balaban J connectivity index is 1.55. The van der Waals surface area contributed by atoms with Gasteiger partial charge in [0.05, 0.1) is 17.0 Å². The van der Waals surface area contributed by atoms with Crippen molar-refractivity contribution in [1.82, 2.24) is 15.2 Å². The molecule has 2 aromatic rings. The molecular formula is C19H26ClN5O. The summed E-state index contributed by atoms with van der Waals surface area (Å²) in [5, 5.41) is 4.20. The van der Waals surface area contributed by atoms with Crippen LogP contribution in [0.2, 0.25) is 5.02 Å². The molecule has 2 aromatic heterocycles. The number of piperazine rings is 1. The molecule has 3 heterocycles. The summed E-state index contributed by atoms with van der Waals surface area (Å²) in [6.07, 6.45) is 7.09. The highest BCUT2D eigenvalue weighted by molar-refractivity contribution is 6.33. The van der Waals surface area contributed by atoms with Crippen molar-refractivity contribution in [3.63, 3.8) is 0 Å². The molecule has 0 bridgehead atoms. The molecule has 1 aliphatic heterocycles. The van der Waals surface area contributed by atoms with Crippen LogP contribution in [0.25, 0.3) is 0 Å². The number of rotatable bonds is 6. The molecular weight excluding hydrogens is 350 g/mol. The highest BCUT2D eigenvalue weighted by Crippen LogP contribution is 2.25. The summed E-state index contributed by atoms with van der Waals surface area (Å²) in [6, 6.07) is 5.90. The fourth-order valence-electron chi connectivity index (χ4n) is 3.02. The number of hydrogen-bond acceptors (Lipinski definition) is 4. The first-order valence-electron chi connectivity index (χ1n) is 9.18. The monoisotopic (exact) mass is 375 g/mol. The molecule has 0 aliphatic carbocycles. The van der Waals surface area contributed by atoms with E-state index >= 15 is 0 Å². The smallest absolute Gasteiger partial charge is 0.194 e. The summed E-state index contributed by atoms with van der Waals surface area (Å²) in [6.45, 7) is 7.44. The van der Waals surface area contributed by atoms with Crippen LogP contribution in [0, 0.1) is 0 Å². The maximum atomic E-state index is 6.28. The van der Waals surface area contributed by atoms with E-state index in [0.29, 0.717) is 5.02 Å². The minimum absolute atomic E-state index is 0.706. The largest absolute Gasteiger partial charge is 0.469 e. The average molecular weight is 376 g/mol. The van der Waals surface area contributed by atoms with Crippen molar-refractivity contribution >= 4 is 23.2 Å². The Morgan fingerprint density at radius 2 is 2.15 bits per heavy atom. The molecule has 0 saturated carbocycles. The fourth-order valence-corrected chi connectivity index (χ4v) is 3.26. The third kappa shape index (κ3) is 4.91. The average Bonchev–Trinajstić information content (AvgIpc) is 3.19. The minimum atomic E-state index is 0.706. The summed E-state index contributed by atoms with van der Waals surface area (Å²) in [5.74, 6) is 1.98. The van der Waals surface area contributed by atoms with Gasteiger partial charge in [-0.1, -0.05) is 18.5 Å². The molecule has 6 nitrogen and oxygen atoms in total. The predicted octanol–water partition coefficient (Wildman–Crippen LogP) is 3.05. The van der Waals surface area contributed by atoms with Gasteiger partial charge in [0.15, 0.2) is 5.96 Å². The molecule has 7 heteroatoms. The highest BCUT2D eigenvalue weighted by Gasteiger charge is 2.21. The van der Waals surface area contributed by atoms with Crippen LogP contribution in [-0.2, 0) is 6.42 Å². The van der Waals surface area contributed by atoms with Gasteiger partial charge in [0.2, 0.25) is 0 Å². The van der Waals surface area contributed by atoms with E-state index in [-0.39, 0.29) is 0 Å². The number of aliphatic imine (C=N–C) groups is 1. The summed E-state index contributed by atoms with van der Waals surface area (Å²) >= 11 is 6.28. The first kappa shape index (κ1) is 18.6. The maximum absolute atomic E-state index is 6.28. The molecule has 0 radical (unpaired) electrons. The van der Waals surface area contributed by atoms with Crippen LogP contribution in [0.5, 0.6) is 0 Å². The second kappa shape index (κ2) is 9.48. The Hall–Kier alpha value is -2.21. The molecule has 0 unspecified atom stereocenters. The molecule has 0 aromatic carbocycles. The van der Waals surface area contributed by atoms with Crippen LogP contribution in [-0.4, -0.2) is 55.1 Å². The molecule has 1 saturated heterocycles. The van der Waals surface area contributed by atoms with E-state index in [0.717, 1.165) is 69.5 Å². The molecule has 1 N–H and O–H groups in total. The molecule has 0 spiro atoms. The van der Waals surface area contributed by atoms with Crippen molar-refractivity contribution < 1.29 is 4.42 Å². The second-order valence-electron chi connectivity index (χ2n) is 6.26. The molecule has 1 aliphatic rings. The number of nitrogens with one attached hydrogen (secondary N) is 1. The summed E-state index contributed by atoms with van der Waals surface area (Å²) in [5.41, 5.74) is 1.05. The molecule has 140 valence electrons. The lowest BCUT2D eigenvalue weighted by molar-refractivity contribution is 0.371. The topological polar surface area (TPSA) is 56.9 Å². The van der Waals surface area contributed by atoms with Crippen molar-refractivity contribution in [3.8, 4) is 0 Å². The first-order valence-corrected chi connectivity index (χ1v) is 9.56. The predicted molar refractivity (Wildman–Crippen MR) is 106 cm³/mol. The summed E-state index contributed by atoms with van der Waals surface area (Å²) < 4.78 is 5.40. The van der Waals surface area contributed by atoms with Gasteiger partial charge in [-0.05, 0) is 24.6 Å². The zero-order chi connectivity index (χ0) is 18.2. The molecule has 26 heavy (non-hydrogen) atoms. The highest BCUT2D eigenvalue weighted by atomic mass is 35.5. The van der Waals surface area contributed by atoms with E-state index in [1.807, 2.05) is 18.2 Å². The summed E-state index contributed by atoms with van der Waals surface area (Å²) in [4.78, 5) is 13.4. The van der Waals surface area contributed by atoms with Crippen LogP contribution < -0.4 is 10.2 Å². The van der Waals surface area contributed by atoms with Crippen molar-refractivity contribution in [3.05, 3.63) is 47.6 Å². The van der Waals surface area contributed by atoms with Crippen molar-refractivity contribution in [2.24, 2.45) is 4.99 Å². The Morgan fingerprint density at radius 1 is 1.31 bits per heavy atom. The second-order valence-corrected chi connectivity index (χ2v) is 6.67. The van der Waals surface area contributed by atoms with E-state index < -0.39 is 0 Å².